The standard InChI is InChI=1S/C19H17ClF3N5/c1-9-10(2)25-18-16(24-9)15(13-4-3-12(20)7-14(13)21)26-19(27-18)28-6-5-11(8-28)17(22)23/h3-4,7,11,17H,5-6,8H2,1-2H3/t11-/m0/s1. The van der Waals surface area contributed by atoms with E-state index in [1.807, 2.05) is 0 Å². The predicted octanol–water partition coefficient (Wildman–Crippen LogP) is 4.59. The number of fused-ring (bicyclic) bond motifs is 1. The Balaban J connectivity index is 1.90. The molecule has 1 aromatic carbocycles. The van der Waals surface area contributed by atoms with E-state index in [0.29, 0.717) is 35.5 Å². The van der Waals surface area contributed by atoms with Crippen LogP contribution in [0.4, 0.5) is 19.1 Å². The fourth-order valence-corrected chi connectivity index (χ4v) is 3.44. The van der Waals surface area contributed by atoms with Crippen LogP contribution in [0.3, 0.4) is 0 Å². The zero-order chi connectivity index (χ0) is 20.0. The van der Waals surface area contributed by atoms with Crippen LogP contribution in [0.15, 0.2) is 18.2 Å². The Kier molecular flexibility index (Phi) is 4.82. The molecule has 1 fully saturated rings. The van der Waals surface area contributed by atoms with Crippen LogP contribution < -0.4 is 4.90 Å². The first-order valence-corrected chi connectivity index (χ1v) is 9.23. The summed E-state index contributed by atoms with van der Waals surface area (Å²) in [7, 11) is 0. The van der Waals surface area contributed by atoms with Crippen molar-refractivity contribution in [2.24, 2.45) is 5.92 Å². The highest BCUT2D eigenvalue weighted by atomic mass is 35.5. The number of hydrogen-bond acceptors (Lipinski definition) is 5. The van der Waals surface area contributed by atoms with Crippen LogP contribution in [0.25, 0.3) is 22.4 Å². The molecule has 0 aliphatic carbocycles. The van der Waals surface area contributed by atoms with Crippen LogP contribution >= 0.6 is 11.6 Å². The van der Waals surface area contributed by atoms with Gasteiger partial charge >= 0.3 is 0 Å². The number of alkyl halides is 2. The summed E-state index contributed by atoms with van der Waals surface area (Å²) in [6.45, 7) is 4.14. The lowest BCUT2D eigenvalue weighted by atomic mass is 10.1. The van der Waals surface area contributed by atoms with Crippen molar-refractivity contribution in [3.63, 3.8) is 0 Å². The molecule has 1 aliphatic rings. The van der Waals surface area contributed by atoms with Gasteiger partial charge in [-0.2, -0.15) is 4.98 Å². The molecule has 4 rings (SSSR count). The molecule has 3 aromatic rings. The van der Waals surface area contributed by atoms with Gasteiger partial charge in [0, 0.05) is 29.6 Å². The molecule has 0 saturated carbocycles. The smallest absolute Gasteiger partial charge is 0.243 e. The van der Waals surface area contributed by atoms with Crippen molar-refractivity contribution >= 4 is 28.7 Å². The molecule has 9 heteroatoms. The van der Waals surface area contributed by atoms with E-state index in [1.54, 1.807) is 24.8 Å². The third-order valence-corrected chi connectivity index (χ3v) is 5.22. The summed E-state index contributed by atoms with van der Waals surface area (Å²) in [5, 5.41) is 0.261. The van der Waals surface area contributed by atoms with Crippen molar-refractivity contribution in [1.82, 2.24) is 19.9 Å². The SMILES string of the molecule is Cc1nc2nc(N3CC[C@H](C(F)F)C3)nc(-c3ccc(Cl)cc3F)c2nc1C. The number of anilines is 1. The van der Waals surface area contributed by atoms with Gasteiger partial charge in [0.2, 0.25) is 12.4 Å². The number of nitrogens with zero attached hydrogens (tertiary/aromatic N) is 5. The number of halogens is 4. The molecule has 0 N–H and O–H groups in total. The molecule has 0 unspecified atom stereocenters. The fourth-order valence-electron chi connectivity index (χ4n) is 3.29. The highest BCUT2D eigenvalue weighted by Gasteiger charge is 2.31. The molecule has 5 nitrogen and oxygen atoms in total. The Labute approximate surface area is 164 Å². The highest BCUT2D eigenvalue weighted by molar-refractivity contribution is 6.30. The maximum atomic E-state index is 14.6. The zero-order valence-corrected chi connectivity index (χ0v) is 16.0. The third kappa shape index (κ3) is 3.37. The van der Waals surface area contributed by atoms with Gasteiger partial charge in [0.05, 0.1) is 11.4 Å². The second kappa shape index (κ2) is 7.16. The van der Waals surface area contributed by atoms with Crippen molar-refractivity contribution in [3.8, 4) is 11.3 Å². The van der Waals surface area contributed by atoms with E-state index in [-0.39, 0.29) is 28.8 Å². The molecule has 1 aliphatic heterocycles. The lowest BCUT2D eigenvalue weighted by molar-refractivity contribution is 0.0879. The lowest BCUT2D eigenvalue weighted by Crippen LogP contribution is -2.24. The van der Waals surface area contributed by atoms with Crippen molar-refractivity contribution < 1.29 is 13.2 Å². The average molecular weight is 408 g/mol. The predicted molar refractivity (Wildman–Crippen MR) is 101 cm³/mol. The molecule has 0 amide bonds. The van der Waals surface area contributed by atoms with Gasteiger partial charge in [-0.15, -0.1) is 0 Å². The number of benzene rings is 1. The van der Waals surface area contributed by atoms with Crippen LogP contribution in [0.2, 0.25) is 5.02 Å². The Morgan fingerprint density at radius 1 is 1.11 bits per heavy atom. The maximum absolute atomic E-state index is 14.6. The second-order valence-corrected chi connectivity index (χ2v) is 7.33. The minimum atomic E-state index is -2.40. The topological polar surface area (TPSA) is 54.8 Å². The van der Waals surface area contributed by atoms with Gasteiger partial charge in [-0.25, -0.2) is 28.1 Å². The van der Waals surface area contributed by atoms with Crippen molar-refractivity contribution in [3.05, 3.63) is 40.4 Å². The van der Waals surface area contributed by atoms with Crippen LogP contribution in [0, 0.1) is 25.6 Å². The summed E-state index contributed by atoms with van der Waals surface area (Å²) in [4.78, 5) is 19.6. The van der Waals surface area contributed by atoms with E-state index >= 15 is 0 Å². The maximum Gasteiger partial charge on any atom is 0.243 e. The molecule has 146 valence electrons. The van der Waals surface area contributed by atoms with Gasteiger partial charge in [-0.1, -0.05) is 11.6 Å². The lowest BCUT2D eigenvalue weighted by Gasteiger charge is -2.18. The van der Waals surface area contributed by atoms with Crippen LogP contribution in [0.1, 0.15) is 17.8 Å². The van der Waals surface area contributed by atoms with Gasteiger partial charge in [0.1, 0.15) is 17.0 Å². The summed E-state index contributed by atoms with van der Waals surface area (Å²) in [6.07, 6.45) is -2.05. The molecule has 0 radical (unpaired) electrons. The van der Waals surface area contributed by atoms with Crippen LogP contribution in [-0.2, 0) is 0 Å². The average Bonchev–Trinajstić information content (AvgIpc) is 3.13. The first kappa shape index (κ1) is 18.9. The van der Waals surface area contributed by atoms with Crippen molar-refractivity contribution in [1.29, 1.82) is 0 Å². The number of aryl methyl sites for hydroxylation is 2. The van der Waals surface area contributed by atoms with E-state index in [1.165, 1.54) is 12.1 Å². The normalized spacial score (nSPS) is 17.1. The monoisotopic (exact) mass is 407 g/mol. The van der Waals surface area contributed by atoms with Gasteiger partial charge < -0.3 is 4.90 Å². The molecule has 2 aromatic heterocycles. The van der Waals surface area contributed by atoms with Crippen LogP contribution in [-0.4, -0.2) is 39.5 Å². The quantitative estimate of drug-likeness (QED) is 0.635. The molecule has 28 heavy (non-hydrogen) atoms. The number of hydrogen-bond donors (Lipinski definition) is 0. The van der Waals surface area contributed by atoms with Crippen molar-refractivity contribution in [2.45, 2.75) is 26.7 Å². The van der Waals surface area contributed by atoms with E-state index in [0.717, 1.165) is 0 Å². The van der Waals surface area contributed by atoms with Gasteiger partial charge in [-0.3, -0.25) is 0 Å². The molecular weight excluding hydrogens is 391 g/mol. The molecular formula is C19H17ClF3N5. The van der Waals surface area contributed by atoms with E-state index in [9.17, 15) is 13.2 Å². The largest absolute Gasteiger partial charge is 0.340 e. The third-order valence-electron chi connectivity index (χ3n) is 4.98. The highest BCUT2D eigenvalue weighted by Crippen LogP contribution is 2.32. The molecule has 0 bridgehead atoms. The Hall–Kier alpha value is -2.48. The summed E-state index contributed by atoms with van der Waals surface area (Å²) in [6, 6.07) is 4.28. The van der Waals surface area contributed by atoms with Crippen LogP contribution in [0.5, 0.6) is 0 Å². The summed E-state index contributed by atoms with van der Waals surface area (Å²) >= 11 is 5.87. The minimum Gasteiger partial charge on any atom is -0.340 e. The Bertz CT molecular complexity index is 1060. The first-order chi connectivity index (χ1) is 13.3. The van der Waals surface area contributed by atoms with Gasteiger partial charge in [0.25, 0.3) is 0 Å². The first-order valence-electron chi connectivity index (χ1n) is 8.85. The van der Waals surface area contributed by atoms with Crippen molar-refractivity contribution in [2.75, 3.05) is 18.0 Å². The molecule has 3 heterocycles. The Morgan fingerprint density at radius 3 is 2.54 bits per heavy atom. The summed E-state index contributed by atoms with van der Waals surface area (Å²) in [5.41, 5.74) is 2.51. The summed E-state index contributed by atoms with van der Waals surface area (Å²) in [5.74, 6) is -1.04. The second-order valence-electron chi connectivity index (χ2n) is 6.89. The summed E-state index contributed by atoms with van der Waals surface area (Å²) < 4.78 is 40.7. The van der Waals surface area contributed by atoms with E-state index in [2.05, 4.69) is 19.9 Å². The van der Waals surface area contributed by atoms with E-state index < -0.39 is 18.2 Å². The van der Waals surface area contributed by atoms with E-state index in [4.69, 9.17) is 11.6 Å². The fraction of sp³-hybridized carbons (Fsp3) is 0.368. The molecule has 0 spiro atoms. The molecule has 1 atom stereocenters. The molecule has 1 saturated heterocycles. The number of rotatable bonds is 3. The van der Waals surface area contributed by atoms with Gasteiger partial charge in [-0.05, 0) is 38.5 Å². The van der Waals surface area contributed by atoms with Gasteiger partial charge in [0.15, 0.2) is 5.65 Å². The Morgan fingerprint density at radius 2 is 1.86 bits per heavy atom. The number of aromatic nitrogens is 4. The minimum absolute atomic E-state index is 0.143. The zero-order valence-electron chi connectivity index (χ0n) is 15.3.